The third-order valence-electron chi connectivity index (χ3n) is 2.24. The lowest BCUT2D eigenvalue weighted by Gasteiger charge is -2.04. The van der Waals surface area contributed by atoms with Gasteiger partial charge in [-0.15, -0.1) is 0 Å². The normalized spacial score (nSPS) is 10.2. The lowest BCUT2D eigenvalue weighted by Crippen LogP contribution is -2.21. The van der Waals surface area contributed by atoms with Crippen LogP contribution in [0.25, 0.3) is 11.3 Å². The van der Waals surface area contributed by atoms with E-state index in [0.717, 1.165) is 0 Å². The zero-order valence-electron chi connectivity index (χ0n) is 8.90. The summed E-state index contributed by atoms with van der Waals surface area (Å²) in [4.78, 5) is 10.6. The second kappa shape index (κ2) is 4.51. The number of aromatic carboxylic acids is 1. The Hall–Kier alpha value is -1.94. The van der Waals surface area contributed by atoms with Crippen molar-refractivity contribution in [2.45, 2.75) is 0 Å². The van der Waals surface area contributed by atoms with Gasteiger partial charge in [0.25, 0.3) is 0 Å². The molecule has 0 saturated heterocycles. The number of carbonyl (C=O) groups excluding carboxylic acids is 1. The van der Waals surface area contributed by atoms with Crippen LogP contribution < -0.4 is 9.84 Å². The monoisotopic (exact) mass is 251 g/mol. The number of furan rings is 1. The molecule has 0 aliphatic heterocycles. The van der Waals surface area contributed by atoms with Crippen LogP contribution >= 0.6 is 11.6 Å². The van der Waals surface area contributed by atoms with Crippen LogP contribution in [0.1, 0.15) is 10.6 Å². The van der Waals surface area contributed by atoms with Crippen molar-refractivity contribution >= 4 is 17.6 Å². The minimum Gasteiger partial charge on any atom is -0.542 e. The van der Waals surface area contributed by atoms with Crippen LogP contribution in [0.2, 0.25) is 5.02 Å². The Morgan fingerprint density at radius 2 is 2.12 bits per heavy atom. The number of carboxylic acids is 1. The van der Waals surface area contributed by atoms with Crippen molar-refractivity contribution in [3.05, 3.63) is 41.1 Å². The second-order valence-electron chi connectivity index (χ2n) is 3.30. The van der Waals surface area contributed by atoms with E-state index in [4.69, 9.17) is 20.8 Å². The molecule has 1 heterocycles. The predicted molar refractivity (Wildman–Crippen MR) is 60.0 cm³/mol. The molecule has 0 aliphatic rings. The van der Waals surface area contributed by atoms with Gasteiger partial charge in [0.05, 0.1) is 12.1 Å². The molecule has 2 aromatic rings. The van der Waals surface area contributed by atoms with Gasteiger partial charge < -0.3 is 19.1 Å². The summed E-state index contributed by atoms with van der Waals surface area (Å²) in [5.41, 5.74) is 0.670. The fourth-order valence-corrected chi connectivity index (χ4v) is 1.68. The van der Waals surface area contributed by atoms with Crippen LogP contribution in [0, 0.1) is 0 Å². The van der Waals surface area contributed by atoms with E-state index in [1.807, 2.05) is 0 Å². The Bertz CT molecular complexity index is 559. The highest BCUT2D eigenvalue weighted by Crippen LogP contribution is 2.30. The number of rotatable bonds is 3. The number of carboxylic acid groups (broad SMARTS) is 1. The summed E-state index contributed by atoms with van der Waals surface area (Å²) >= 11 is 5.95. The quantitative estimate of drug-likeness (QED) is 0.837. The molecule has 17 heavy (non-hydrogen) atoms. The summed E-state index contributed by atoms with van der Waals surface area (Å²) in [6.07, 6.45) is 0. The molecule has 1 aromatic heterocycles. The molecular formula is C12H8ClO4-. The number of carbonyl (C=O) groups is 1. The number of hydrogen-bond acceptors (Lipinski definition) is 4. The molecule has 0 saturated carbocycles. The summed E-state index contributed by atoms with van der Waals surface area (Å²) in [7, 11) is 1.52. The molecule has 0 radical (unpaired) electrons. The van der Waals surface area contributed by atoms with Gasteiger partial charge in [-0.05, 0) is 30.3 Å². The summed E-state index contributed by atoms with van der Waals surface area (Å²) in [5.74, 6) is -0.612. The smallest absolute Gasteiger partial charge is 0.150 e. The van der Waals surface area contributed by atoms with Gasteiger partial charge in [0, 0.05) is 5.56 Å². The topological polar surface area (TPSA) is 62.5 Å². The highest BCUT2D eigenvalue weighted by molar-refractivity contribution is 6.32. The van der Waals surface area contributed by atoms with Crippen molar-refractivity contribution in [2.24, 2.45) is 0 Å². The molecule has 4 nitrogen and oxygen atoms in total. The lowest BCUT2D eigenvalue weighted by atomic mass is 10.2. The Morgan fingerprint density at radius 3 is 2.65 bits per heavy atom. The molecule has 0 spiro atoms. The first-order valence-electron chi connectivity index (χ1n) is 4.77. The molecule has 0 N–H and O–H groups in total. The van der Waals surface area contributed by atoms with E-state index < -0.39 is 5.97 Å². The number of halogens is 1. The van der Waals surface area contributed by atoms with Crippen molar-refractivity contribution in [3.8, 4) is 17.1 Å². The van der Waals surface area contributed by atoms with Crippen LogP contribution in [0.3, 0.4) is 0 Å². The Balaban J connectivity index is 2.39. The maximum absolute atomic E-state index is 10.6. The summed E-state index contributed by atoms with van der Waals surface area (Å²) < 4.78 is 10.1. The van der Waals surface area contributed by atoms with Gasteiger partial charge in [0.1, 0.15) is 23.2 Å². The van der Waals surface area contributed by atoms with E-state index in [1.165, 1.54) is 13.2 Å². The second-order valence-corrected chi connectivity index (χ2v) is 3.71. The van der Waals surface area contributed by atoms with Gasteiger partial charge >= 0.3 is 0 Å². The highest BCUT2D eigenvalue weighted by atomic mass is 35.5. The SMILES string of the molecule is COc1ccc(-c2ccc(C(=O)[O-])o2)cc1Cl. The highest BCUT2D eigenvalue weighted by Gasteiger charge is 2.08. The van der Waals surface area contributed by atoms with E-state index >= 15 is 0 Å². The van der Waals surface area contributed by atoms with E-state index in [9.17, 15) is 9.90 Å². The predicted octanol–water partition coefficient (Wildman–Crippen LogP) is 1.97. The minimum absolute atomic E-state index is 0.216. The summed E-state index contributed by atoms with van der Waals surface area (Å²) in [6, 6.07) is 7.92. The maximum atomic E-state index is 10.6. The molecule has 0 unspecified atom stereocenters. The summed E-state index contributed by atoms with van der Waals surface area (Å²) in [6.45, 7) is 0. The fraction of sp³-hybridized carbons (Fsp3) is 0.0833. The Morgan fingerprint density at radius 1 is 1.35 bits per heavy atom. The van der Waals surface area contributed by atoms with Crippen molar-refractivity contribution in [3.63, 3.8) is 0 Å². The van der Waals surface area contributed by atoms with Gasteiger partial charge in [-0.1, -0.05) is 11.6 Å². The van der Waals surface area contributed by atoms with Crippen LogP contribution in [0.4, 0.5) is 0 Å². The van der Waals surface area contributed by atoms with Gasteiger partial charge in [0.15, 0.2) is 0 Å². The average molecular weight is 252 g/mol. The van der Waals surface area contributed by atoms with E-state index in [-0.39, 0.29) is 5.76 Å². The van der Waals surface area contributed by atoms with E-state index in [1.54, 1.807) is 24.3 Å². The third-order valence-corrected chi connectivity index (χ3v) is 2.54. The fourth-order valence-electron chi connectivity index (χ4n) is 1.42. The molecule has 0 amide bonds. The molecule has 2 rings (SSSR count). The molecule has 0 fully saturated rings. The number of benzene rings is 1. The van der Waals surface area contributed by atoms with Crippen LogP contribution in [-0.2, 0) is 0 Å². The summed E-state index contributed by atoms with van der Waals surface area (Å²) in [5, 5.41) is 11.0. The molecule has 0 aliphatic carbocycles. The van der Waals surface area contributed by atoms with Crippen LogP contribution in [0.15, 0.2) is 34.7 Å². The molecular weight excluding hydrogens is 244 g/mol. The number of hydrogen-bond donors (Lipinski definition) is 0. The van der Waals surface area contributed by atoms with Crippen LogP contribution in [-0.4, -0.2) is 13.1 Å². The van der Waals surface area contributed by atoms with Gasteiger partial charge in [-0.2, -0.15) is 0 Å². The first-order valence-corrected chi connectivity index (χ1v) is 5.14. The third kappa shape index (κ3) is 2.26. The Kier molecular flexibility index (Phi) is 3.06. The van der Waals surface area contributed by atoms with Crippen molar-refractivity contribution in [1.29, 1.82) is 0 Å². The zero-order valence-corrected chi connectivity index (χ0v) is 9.65. The first kappa shape index (κ1) is 11.5. The standard InChI is InChI=1S/C12H9ClO4/c1-16-10-3-2-7(6-8(10)13)9-4-5-11(17-9)12(14)15/h2-6H,1H3,(H,14,15)/p-1. The first-order chi connectivity index (χ1) is 8.11. The van der Waals surface area contributed by atoms with Gasteiger partial charge in [-0.25, -0.2) is 0 Å². The van der Waals surface area contributed by atoms with Crippen LogP contribution in [0.5, 0.6) is 5.75 Å². The van der Waals surface area contributed by atoms with Crippen molar-refractivity contribution in [1.82, 2.24) is 0 Å². The minimum atomic E-state index is -1.35. The molecule has 5 heteroatoms. The molecule has 0 atom stereocenters. The average Bonchev–Trinajstić information content (AvgIpc) is 2.78. The Labute approximate surface area is 102 Å². The van der Waals surface area contributed by atoms with Gasteiger partial charge in [-0.3, -0.25) is 0 Å². The largest absolute Gasteiger partial charge is 0.542 e. The van der Waals surface area contributed by atoms with Gasteiger partial charge in [0.2, 0.25) is 0 Å². The van der Waals surface area contributed by atoms with Crippen molar-refractivity contribution < 1.29 is 19.1 Å². The van der Waals surface area contributed by atoms with Crippen molar-refractivity contribution in [2.75, 3.05) is 7.11 Å². The van der Waals surface area contributed by atoms with E-state index in [0.29, 0.717) is 22.1 Å². The molecule has 88 valence electrons. The molecule has 0 bridgehead atoms. The number of ether oxygens (including phenoxy) is 1. The van der Waals surface area contributed by atoms with E-state index in [2.05, 4.69) is 0 Å². The number of methoxy groups -OCH3 is 1. The lowest BCUT2D eigenvalue weighted by molar-refractivity contribution is -0.257. The molecule has 1 aromatic carbocycles. The maximum Gasteiger partial charge on any atom is 0.150 e. The zero-order chi connectivity index (χ0) is 12.4.